The maximum absolute atomic E-state index is 3.81. The van der Waals surface area contributed by atoms with E-state index in [1.807, 2.05) is 0 Å². The molecule has 0 aromatic heterocycles. The first-order valence-corrected chi connectivity index (χ1v) is 6.29. The van der Waals surface area contributed by atoms with E-state index in [4.69, 9.17) is 0 Å². The predicted octanol–water partition coefficient (Wildman–Crippen LogP) is 2.71. The lowest BCUT2D eigenvalue weighted by molar-refractivity contribution is 5.86. The van der Waals surface area contributed by atoms with Gasteiger partial charge in [-0.3, -0.25) is 0 Å². The van der Waals surface area contributed by atoms with E-state index in [2.05, 4.69) is 23.3 Å². The highest BCUT2D eigenvalue weighted by Crippen LogP contribution is 2.38. The second kappa shape index (κ2) is 5.75. The van der Waals surface area contributed by atoms with E-state index < -0.39 is 0 Å². The van der Waals surface area contributed by atoms with Crippen molar-refractivity contribution in [2.75, 3.05) is 0 Å². The van der Waals surface area contributed by atoms with Crippen LogP contribution in [0.1, 0.15) is 0 Å². The van der Waals surface area contributed by atoms with Gasteiger partial charge in [-0.1, -0.05) is 23.3 Å². The Morgan fingerprint density at radius 2 is 1.40 bits per heavy atom. The summed E-state index contributed by atoms with van der Waals surface area (Å²) in [6.45, 7) is 0. The fraction of sp³-hybridized carbons (Fsp3) is 0. The summed E-state index contributed by atoms with van der Waals surface area (Å²) in [7, 11) is 4.32. The number of hydrogen-bond acceptors (Lipinski definition) is 5. The van der Waals surface area contributed by atoms with Crippen LogP contribution in [0.5, 0.6) is 0 Å². The molecule has 5 heteroatoms. The first kappa shape index (κ1) is 6.75. The summed E-state index contributed by atoms with van der Waals surface area (Å²) in [6.07, 6.45) is 0. The summed E-state index contributed by atoms with van der Waals surface area (Å²) < 4.78 is 0. The highest BCUT2D eigenvalue weighted by Gasteiger charge is 1.71. The summed E-state index contributed by atoms with van der Waals surface area (Å²) in [5.41, 5.74) is 0. The van der Waals surface area contributed by atoms with Gasteiger partial charge in [0, 0.05) is 0 Å². The average molecular weight is 162 g/mol. The van der Waals surface area contributed by atoms with Crippen LogP contribution in [0.4, 0.5) is 0 Å². The number of hydrogen-bond donors (Lipinski definition) is 2. The van der Waals surface area contributed by atoms with Crippen molar-refractivity contribution in [1.29, 1.82) is 0 Å². The molecule has 0 heterocycles. The molecule has 0 amide bonds. The zero-order valence-corrected chi connectivity index (χ0v) is 6.36. The molecule has 0 aromatic rings. The van der Waals surface area contributed by atoms with Gasteiger partial charge < -0.3 is 0 Å². The summed E-state index contributed by atoms with van der Waals surface area (Å²) in [5, 5.41) is 0. The molecule has 0 nitrogen and oxygen atoms in total. The first-order valence-electron chi connectivity index (χ1n) is 0.698. The van der Waals surface area contributed by atoms with Crippen LogP contribution >= 0.6 is 52.8 Å². The van der Waals surface area contributed by atoms with Gasteiger partial charge in [0.05, 0.1) is 0 Å². The second-order valence-electron chi connectivity index (χ2n) is 0.217. The van der Waals surface area contributed by atoms with Crippen molar-refractivity contribution >= 4 is 52.8 Å². The van der Waals surface area contributed by atoms with Crippen molar-refractivity contribution in [3.8, 4) is 0 Å². The van der Waals surface area contributed by atoms with Crippen LogP contribution in [0.25, 0.3) is 0 Å². The summed E-state index contributed by atoms with van der Waals surface area (Å²) in [5.74, 6) is 0. The molecule has 0 fully saturated rings. The predicted molar refractivity (Wildman–Crippen MR) is 40.7 cm³/mol. The molecule has 0 unspecified atom stereocenters. The van der Waals surface area contributed by atoms with E-state index in [0.29, 0.717) is 0 Å². The molecule has 0 spiro atoms. The minimum absolute atomic E-state index is 1.40. The van der Waals surface area contributed by atoms with Gasteiger partial charge in [-0.15, -0.1) is 0 Å². The minimum atomic E-state index is 1.40. The Labute approximate surface area is 52.7 Å². The third-order valence-electron chi connectivity index (χ3n) is 0.0609. The van der Waals surface area contributed by atoms with Gasteiger partial charge in [-0.25, -0.2) is 0 Å². The molecule has 0 rings (SSSR count). The fourth-order valence-electron chi connectivity index (χ4n) is 0.0136. The molecular weight excluding hydrogens is 160 g/mol. The molecule has 0 atom stereocenters. The van der Waals surface area contributed by atoms with Gasteiger partial charge in [0.1, 0.15) is 0 Å². The Balaban J connectivity index is 2.19. The second-order valence-corrected chi connectivity index (χ2v) is 5.86. The third kappa shape index (κ3) is 5.75. The van der Waals surface area contributed by atoms with Crippen LogP contribution < -0.4 is 0 Å². The van der Waals surface area contributed by atoms with Gasteiger partial charge in [0.15, 0.2) is 0 Å². The average Bonchev–Trinajstić information content (AvgIpc) is 1.41. The smallest absolute Gasteiger partial charge is 0.00222 e. The monoisotopic (exact) mass is 162 g/mol. The van der Waals surface area contributed by atoms with Crippen LogP contribution in [0, 0.1) is 0 Å². The molecule has 0 aliphatic carbocycles. The largest absolute Gasteiger partial charge is 0.0988 e. The van der Waals surface area contributed by atoms with Gasteiger partial charge in [-0.05, 0) is 29.5 Å². The van der Waals surface area contributed by atoms with Crippen molar-refractivity contribution in [3.63, 3.8) is 0 Å². The van der Waals surface area contributed by atoms with E-state index in [1.54, 1.807) is 0 Å². The van der Waals surface area contributed by atoms with E-state index >= 15 is 0 Å². The zero-order chi connectivity index (χ0) is 4.12. The highest BCUT2D eigenvalue weighted by atomic mass is 33.8. The third-order valence-corrected chi connectivity index (χ3v) is 4.93. The van der Waals surface area contributed by atoms with Gasteiger partial charge in [-0.2, -0.15) is 0 Å². The molecule has 32 valence electrons. The van der Waals surface area contributed by atoms with Crippen LogP contribution in [0.3, 0.4) is 0 Å². The molecule has 0 aromatic carbocycles. The van der Waals surface area contributed by atoms with Gasteiger partial charge in [0.25, 0.3) is 0 Å². The SMILES string of the molecule is SSSSS. The van der Waals surface area contributed by atoms with E-state index in [9.17, 15) is 0 Å². The minimum Gasteiger partial charge on any atom is -0.0988 e. The standard InChI is InChI=1S/H2S5/c1-3-5-4-2/h1-2H. The van der Waals surface area contributed by atoms with Crippen molar-refractivity contribution in [2.24, 2.45) is 0 Å². The maximum atomic E-state index is 3.81. The lowest BCUT2D eigenvalue weighted by Gasteiger charge is -1.76. The van der Waals surface area contributed by atoms with Crippen molar-refractivity contribution in [3.05, 3.63) is 0 Å². The molecular formula is H2S5. The molecule has 0 saturated heterocycles. The molecule has 0 saturated carbocycles. The van der Waals surface area contributed by atoms with E-state index in [0.717, 1.165) is 0 Å². The molecule has 5 heavy (non-hydrogen) atoms. The lowest BCUT2D eigenvalue weighted by atomic mass is 30.3. The van der Waals surface area contributed by atoms with Crippen molar-refractivity contribution in [2.45, 2.75) is 0 Å². The molecule has 0 radical (unpaired) electrons. The van der Waals surface area contributed by atoms with Gasteiger partial charge in [0.2, 0.25) is 0 Å². The summed E-state index contributed by atoms with van der Waals surface area (Å²) in [6, 6.07) is 0. The Hall–Kier alpha value is 1.75. The van der Waals surface area contributed by atoms with Crippen molar-refractivity contribution in [1.82, 2.24) is 0 Å². The molecule has 0 bridgehead atoms. The lowest BCUT2D eigenvalue weighted by Crippen LogP contribution is -1.08. The molecule has 0 aliphatic rings. The van der Waals surface area contributed by atoms with E-state index in [-0.39, 0.29) is 0 Å². The number of thiol groups is 2. The summed E-state index contributed by atoms with van der Waals surface area (Å²) in [4.78, 5) is 0. The van der Waals surface area contributed by atoms with Crippen LogP contribution in [0.15, 0.2) is 0 Å². The Kier molecular flexibility index (Phi) is 7.76. The Morgan fingerprint density at radius 3 is 1.40 bits per heavy atom. The topological polar surface area (TPSA) is 0 Å². The zero-order valence-electron chi connectivity index (χ0n) is 2.12. The van der Waals surface area contributed by atoms with E-state index in [1.165, 1.54) is 29.5 Å². The van der Waals surface area contributed by atoms with Crippen LogP contribution in [0.2, 0.25) is 0 Å². The Bertz CT molecular complexity index is 7.51. The quantitative estimate of drug-likeness (QED) is 0.474. The number of rotatable bonds is 2. The van der Waals surface area contributed by atoms with Crippen LogP contribution in [-0.2, 0) is 0 Å². The summed E-state index contributed by atoms with van der Waals surface area (Å²) >= 11 is 7.62. The van der Waals surface area contributed by atoms with Crippen LogP contribution in [-0.4, -0.2) is 0 Å². The molecule has 0 N–H and O–H groups in total. The first-order chi connectivity index (χ1) is 2.41. The van der Waals surface area contributed by atoms with Crippen molar-refractivity contribution < 1.29 is 0 Å². The fourth-order valence-corrected chi connectivity index (χ4v) is 3.31. The Morgan fingerprint density at radius 1 is 1.00 bits per heavy atom. The highest BCUT2D eigenvalue weighted by molar-refractivity contribution is 9.32. The van der Waals surface area contributed by atoms with Gasteiger partial charge >= 0.3 is 0 Å². The normalized spacial score (nSPS) is 8.40. The maximum Gasteiger partial charge on any atom is -0.00222 e. The molecule has 0 aliphatic heterocycles.